The third-order valence-corrected chi connectivity index (χ3v) is 7.28. The van der Waals surface area contributed by atoms with Gasteiger partial charge in [0.15, 0.2) is 0 Å². The van der Waals surface area contributed by atoms with E-state index in [1.165, 1.54) is 54.6 Å². The van der Waals surface area contributed by atoms with Gasteiger partial charge < -0.3 is 5.32 Å². The summed E-state index contributed by atoms with van der Waals surface area (Å²) in [4.78, 5) is 12.8. The number of benzene rings is 3. The SMILES string of the molecule is Cc1ccc(S(=O)(=O)N(CC(=O)N[C@H](C)c2ccc(F)cc2)Cc2c(F)cccc2Cl)cc1. The lowest BCUT2D eigenvalue weighted by molar-refractivity contribution is -0.122. The molecule has 0 saturated carbocycles. The average molecular weight is 493 g/mol. The predicted octanol–water partition coefficient (Wildman–Crippen LogP) is 4.99. The van der Waals surface area contributed by atoms with Crippen molar-refractivity contribution in [2.45, 2.75) is 31.3 Å². The molecule has 1 amide bonds. The van der Waals surface area contributed by atoms with Crippen molar-refractivity contribution >= 4 is 27.5 Å². The summed E-state index contributed by atoms with van der Waals surface area (Å²) in [6.45, 7) is 2.52. The molecule has 0 unspecified atom stereocenters. The summed E-state index contributed by atoms with van der Waals surface area (Å²) in [7, 11) is -4.15. The summed E-state index contributed by atoms with van der Waals surface area (Å²) in [5.74, 6) is -1.68. The molecule has 0 fully saturated rings. The minimum atomic E-state index is -4.15. The Hall–Kier alpha value is -2.81. The van der Waals surface area contributed by atoms with E-state index in [4.69, 9.17) is 11.6 Å². The molecule has 0 heterocycles. The topological polar surface area (TPSA) is 66.5 Å². The number of nitrogens with zero attached hydrogens (tertiary/aromatic N) is 1. The minimum absolute atomic E-state index is 0.0278. The Labute approximate surface area is 197 Å². The van der Waals surface area contributed by atoms with Crippen molar-refractivity contribution in [1.82, 2.24) is 9.62 Å². The van der Waals surface area contributed by atoms with Crippen LogP contribution in [0, 0.1) is 18.6 Å². The van der Waals surface area contributed by atoms with Crippen LogP contribution in [0.2, 0.25) is 5.02 Å². The van der Waals surface area contributed by atoms with Crippen LogP contribution in [0.25, 0.3) is 0 Å². The number of halogens is 3. The van der Waals surface area contributed by atoms with E-state index in [0.29, 0.717) is 5.56 Å². The number of rotatable bonds is 8. The van der Waals surface area contributed by atoms with Crippen molar-refractivity contribution < 1.29 is 22.0 Å². The van der Waals surface area contributed by atoms with Gasteiger partial charge in [-0.15, -0.1) is 0 Å². The van der Waals surface area contributed by atoms with Crippen LogP contribution in [0.3, 0.4) is 0 Å². The monoisotopic (exact) mass is 492 g/mol. The standard InChI is InChI=1S/C24H23ClF2N2O3S/c1-16-6-12-20(13-7-16)33(31,32)29(14-21-22(25)4-3-5-23(21)27)15-24(30)28-17(2)18-8-10-19(26)11-9-18/h3-13,17H,14-15H2,1-2H3,(H,28,30)/t17-/m1/s1. The fraction of sp³-hybridized carbons (Fsp3) is 0.208. The van der Waals surface area contributed by atoms with E-state index in [9.17, 15) is 22.0 Å². The Balaban J connectivity index is 1.88. The molecule has 3 rings (SSSR count). The number of amides is 1. The largest absolute Gasteiger partial charge is 0.348 e. The molecule has 3 aromatic rings. The quantitative estimate of drug-likeness (QED) is 0.481. The first kappa shape index (κ1) is 24.8. The van der Waals surface area contributed by atoms with Crippen molar-refractivity contribution in [3.8, 4) is 0 Å². The van der Waals surface area contributed by atoms with Gasteiger partial charge in [0, 0.05) is 17.1 Å². The highest BCUT2D eigenvalue weighted by atomic mass is 35.5. The van der Waals surface area contributed by atoms with Crippen molar-refractivity contribution in [1.29, 1.82) is 0 Å². The van der Waals surface area contributed by atoms with Gasteiger partial charge in [-0.25, -0.2) is 17.2 Å². The van der Waals surface area contributed by atoms with Gasteiger partial charge >= 0.3 is 0 Å². The third kappa shape index (κ3) is 6.16. The Morgan fingerprint density at radius 3 is 2.27 bits per heavy atom. The van der Waals surface area contributed by atoms with E-state index < -0.39 is 46.7 Å². The van der Waals surface area contributed by atoms with Crippen LogP contribution in [0.15, 0.2) is 71.6 Å². The smallest absolute Gasteiger partial charge is 0.243 e. The van der Waals surface area contributed by atoms with Crippen LogP contribution in [0.5, 0.6) is 0 Å². The minimum Gasteiger partial charge on any atom is -0.348 e. The van der Waals surface area contributed by atoms with E-state index in [-0.39, 0.29) is 15.5 Å². The van der Waals surface area contributed by atoms with Crippen LogP contribution < -0.4 is 5.32 Å². The highest BCUT2D eigenvalue weighted by molar-refractivity contribution is 7.89. The molecule has 174 valence electrons. The van der Waals surface area contributed by atoms with Gasteiger partial charge in [-0.3, -0.25) is 4.79 Å². The summed E-state index contributed by atoms with van der Waals surface area (Å²) in [6, 6.07) is 15.3. The Kier molecular flexibility index (Phi) is 7.84. The summed E-state index contributed by atoms with van der Waals surface area (Å²) in [5.41, 5.74) is 1.48. The number of aryl methyl sites for hydroxylation is 1. The van der Waals surface area contributed by atoms with Gasteiger partial charge in [0.25, 0.3) is 0 Å². The zero-order valence-corrected chi connectivity index (χ0v) is 19.6. The molecule has 0 aliphatic heterocycles. The Morgan fingerprint density at radius 1 is 1.03 bits per heavy atom. The normalized spacial score (nSPS) is 12.5. The predicted molar refractivity (Wildman–Crippen MR) is 123 cm³/mol. The Bertz CT molecular complexity index is 1210. The van der Waals surface area contributed by atoms with Crippen molar-refractivity contribution in [2.24, 2.45) is 0 Å². The van der Waals surface area contributed by atoms with Crippen LogP contribution in [-0.2, 0) is 21.4 Å². The van der Waals surface area contributed by atoms with Crippen molar-refractivity contribution in [3.05, 3.63) is 100 Å². The van der Waals surface area contributed by atoms with Gasteiger partial charge in [0.05, 0.1) is 17.5 Å². The molecular weight excluding hydrogens is 470 g/mol. The number of hydrogen-bond donors (Lipinski definition) is 1. The van der Waals surface area contributed by atoms with E-state index >= 15 is 0 Å². The molecule has 0 spiro atoms. The highest BCUT2D eigenvalue weighted by Gasteiger charge is 2.29. The van der Waals surface area contributed by atoms with Crippen LogP contribution in [0.1, 0.15) is 29.7 Å². The second-order valence-corrected chi connectivity index (χ2v) is 9.97. The van der Waals surface area contributed by atoms with Gasteiger partial charge in [0.2, 0.25) is 15.9 Å². The Morgan fingerprint density at radius 2 is 1.67 bits per heavy atom. The molecule has 3 aromatic carbocycles. The highest BCUT2D eigenvalue weighted by Crippen LogP contribution is 2.25. The summed E-state index contributed by atoms with van der Waals surface area (Å²) >= 11 is 6.11. The first-order chi connectivity index (χ1) is 15.6. The lowest BCUT2D eigenvalue weighted by Gasteiger charge is -2.24. The number of carbonyl (C=O) groups excluding carboxylic acids is 1. The first-order valence-corrected chi connectivity index (χ1v) is 11.9. The molecule has 0 aliphatic carbocycles. The van der Waals surface area contributed by atoms with E-state index in [1.807, 2.05) is 6.92 Å². The molecule has 1 N–H and O–H groups in total. The van der Waals surface area contributed by atoms with Gasteiger partial charge in [0.1, 0.15) is 11.6 Å². The maximum absolute atomic E-state index is 14.4. The number of carbonyl (C=O) groups is 1. The van der Waals surface area contributed by atoms with Crippen molar-refractivity contribution in [2.75, 3.05) is 6.54 Å². The summed E-state index contributed by atoms with van der Waals surface area (Å²) < 4.78 is 55.2. The molecule has 9 heteroatoms. The average Bonchev–Trinajstić information content (AvgIpc) is 2.76. The maximum atomic E-state index is 14.4. The molecule has 0 aromatic heterocycles. The second-order valence-electron chi connectivity index (χ2n) is 7.63. The summed E-state index contributed by atoms with van der Waals surface area (Å²) in [6.07, 6.45) is 0. The zero-order valence-electron chi connectivity index (χ0n) is 18.1. The van der Waals surface area contributed by atoms with Crippen LogP contribution >= 0.6 is 11.6 Å². The molecule has 0 aliphatic rings. The number of hydrogen-bond acceptors (Lipinski definition) is 3. The first-order valence-electron chi connectivity index (χ1n) is 10.1. The van der Waals surface area contributed by atoms with Crippen LogP contribution in [0.4, 0.5) is 8.78 Å². The zero-order chi connectivity index (χ0) is 24.2. The number of nitrogens with one attached hydrogen (secondary N) is 1. The fourth-order valence-corrected chi connectivity index (χ4v) is 4.81. The van der Waals surface area contributed by atoms with Gasteiger partial charge in [-0.2, -0.15) is 4.31 Å². The van der Waals surface area contributed by atoms with E-state index in [0.717, 1.165) is 9.87 Å². The van der Waals surface area contributed by atoms with E-state index in [2.05, 4.69) is 5.32 Å². The lowest BCUT2D eigenvalue weighted by atomic mass is 10.1. The van der Waals surface area contributed by atoms with Gasteiger partial charge in [-0.05, 0) is 55.8 Å². The maximum Gasteiger partial charge on any atom is 0.243 e. The molecule has 0 bridgehead atoms. The van der Waals surface area contributed by atoms with Crippen molar-refractivity contribution in [3.63, 3.8) is 0 Å². The second kappa shape index (κ2) is 10.4. The molecule has 5 nitrogen and oxygen atoms in total. The molecule has 33 heavy (non-hydrogen) atoms. The number of sulfonamides is 1. The van der Waals surface area contributed by atoms with Gasteiger partial charge in [-0.1, -0.05) is 47.5 Å². The van der Waals surface area contributed by atoms with Crippen LogP contribution in [-0.4, -0.2) is 25.2 Å². The molecule has 1 atom stereocenters. The lowest BCUT2D eigenvalue weighted by Crippen LogP contribution is -2.41. The molecule has 0 saturated heterocycles. The fourth-order valence-electron chi connectivity index (χ4n) is 3.23. The summed E-state index contributed by atoms with van der Waals surface area (Å²) in [5, 5.41) is 2.75. The third-order valence-electron chi connectivity index (χ3n) is 5.12. The molecular formula is C24H23ClF2N2O3S. The molecule has 0 radical (unpaired) electrons. The van der Waals surface area contributed by atoms with E-state index in [1.54, 1.807) is 19.1 Å².